The van der Waals surface area contributed by atoms with Crippen LogP contribution in [0.1, 0.15) is 35.4 Å². The number of pyridine rings is 1. The second-order valence-corrected chi connectivity index (χ2v) is 8.51. The zero-order chi connectivity index (χ0) is 22.7. The van der Waals surface area contributed by atoms with E-state index in [0.29, 0.717) is 32.6 Å². The van der Waals surface area contributed by atoms with Gasteiger partial charge in [-0.2, -0.15) is 5.26 Å². The molecule has 164 valence electrons. The van der Waals surface area contributed by atoms with E-state index < -0.39 is 0 Å². The number of benzene rings is 2. The normalized spacial score (nSPS) is 15.8. The fraction of sp³-hybridized carbons (Fsp3) is 0.250. The number of nitrogens with two attached hydrogens (primary N) is 1. The van der Waals surface area contributed by atoms with E-state index in [-0.39, 0.29) is 24.1 Å². The van der Waals surface area contributed by atoms with Gasteiger partial charge in [-0.1, -0.05) is 35.3 Å². The van der Waals surface area contributed by atoms with Gasteiger partial charge >= 0.3 is 0 Å². The van der Waals surface area contributed by atoms with Crippen molar-refractivity contribution in [1.29, 1.82) is 5.26 Å². The van der Waals surface area contributed by atoms with E-state index in [1.165, 1.54) is 0 Å². The Morgan fingerprint density at radius 3 is 2.78 bits per heavy atom. The van der Waals surface area contributed by atoms with Crippen molar-refractivity contribution in [2.24, 2.45) is 0 Å². The molecule has 0 saturated carbocycles. The van der Waals surface area contributed by atoms with Crippen molar-refractivity contribution in [2.45, 2.75) is 25.4 Å². The lowest BCUT2D eigenvalue weighted by molar-refractivity contribution is 0.306. The van der Waals surface area contributed by atoms with Crippen molar-refractivity contribution < 1.29 is 9.84 Å². The zero-order valence-corrected chi connectivity index (χ0v) is 18.7. The van der Waals surface area contributed by atoms with Gasteiger partial charge in [-0.15, -0.1) is 0 Å². The summed E-state index contributed by atoms with van der Waals surface area (Å²) in [6, 6.07) is 14.3. The number of aromatic hydroxyl groups is 1. The fourth-order valence-electron chi connectivity index (χ4n) is 3.96. The minimum Gasteiger partial charge on any atom is -0.507 e. The number of hydrogen-bond acceptors (Lipinski definition) is 6. The number of rotatable bonds is 5. The van der Waals surface area contributed by atoms with Crippen molar-refractivity contribution in [3.8, 4) is 28.8 Å². The molecule has 1 atom stereocenters. The number of nitrogens with one attached hydrogen (secondary N) is 1. The first-order chi connectivity index (χ1) is 15.5. The monoisotopic (exact) mass is 468 g/mol. The number of phenols is 1. The maximum atomic E-state index is 10.7. The van der Waals surface area contributed by atoms with E-state index in [9.17, 15) is 10.4 Å². The summed E-state index contributed by atoms with van der Waals surface area (Å²) in [5.41, 5.74) is 9.10. The van der Waals surface area contributed by atoms with Crippen molar-refractivity contribution in [1.82, 2.24) is 10.3 Å². The molecule has 3 aromatic rings. The summed E-state index contributed by atoms with van der Waals surface area (Å²) in [4.78, 5) is 4.43. The molecular weight excluding hydrogens is 447 g/mol. The van der Waals surface area contributed by atoms with E-state index in [2.05, 4.69) is 16.4 Å². The average Bonchev–Trinajstić information content (AvgIpc) is 2.80. The third-order valence-corrected chi connectivity index (χ3v) is 6.30. The molecule has 6 nitrogen and oxygen atoms in total. The molecule has 4 rings (SSSR count). The summed E-state index contributed by atoms with van der Waals surface area (Å²) in [6.07, 6.45) is 1.97. The highest BCUT2D eigenvalue weighted by Crippen LogP contribution is 2.40. The van der Waals surface area contributed by atoms with Crippen LogP contribution in [-0.4, -0.2) is 23.2 Å². The lowest BCUT2D eigenvalue weighted by atomic mass is 9.88. The molecule has 4 N–H and O–H groups in total. The van der Waals surface area contributed by atoms with Gasteiger partial charge in [0.15, 0.2) is 0 Å². The van der Waals surface area contributed by atoms with E-state index in [4.69, 9.17) is 33.7 Å². The number of piperidine rings is 1. The van der Waals surface area contributed by atoms with Crippen molar-refractivity contribution in [3.05, 3.63) is 69.2 Å². The Kier molecular flexibility index (Phi) is 6.71. The van der Waals surface area contributed by atoms with E-state index in [0.717, 1.165) is 37.1 Å². The highest BCUT2D eigenvalue weighted by molar-refractivity contribution is 6.42. The molecule has 0 bridgehead atoms. The molecule has 32 heavy (non-hydrogen) atoms. The van der Waals surface area contributed by atoms with Crippen LogP contribution in [0.25, 0.3) is 11.3 Å². The molecule has 0 spiro atoms. The van der Waals surface area contributed by atoms with Crippen LogP contribution in [0, 0.1) is 11.3 Å². The van der Waals surface area contributed by atoms with Gasteiger partial charge in [-0.25, -0.2) is 4.98 Å². The maximum absolute atomic E-state index is 10.7. The first-order valence-corrected chi connectivity index (χ1v) is 11.0. The predicted molar refractivity (Wildman–Crippen MR) is 126 cm³/mol. The molecule has 2 aromatic carbocycles. The Labute approximate surface area is 196 Å². The van der Waals surface area contributed by atoms with Crippen LogP contribution in [0.15, 0.2) is 42.5 Å². The van der Waals surface area contributed by atoms with Gasteiger partial charge in [0.1, 0.15) is 30.0 Å². The first-order valence-electron chi connectivity index (χ1n) is 10.3. The number of hydrogen-bond donors (Lipinski definition) is 3. The highest BCUT2D eigenvalue weighted by atomic mass is 35.5. The lowest BCUT2D eigenvalue weighted by Gasteiger charge is -2.25. The second-order valence-electron chi connectivity index (χ2n) is 7.70. The summed E-state index contributed by atoms with van der Waals surface area (Å²) in [5, 5.41) is 24.6. The highest BCUT2D eigenvalue weighted by Gasteiger charge is 2.24. The molecular formula is C24H22Cl2N4O2. The Morgan fingerprint density at radius 1 is 1.22 bits per heavy atom. The number of nitrogen functional groups attached to an aromatic ring is 1. The topological polar surface area (TPSA) is 104 Å². The quantitative estimate of drug-likeness (QED) is 0.471. The molecule has 8 heteroatoms. The summed E-state index contributed by atoms with van der Waals surface area (Å²) in [7, 11) is 0. The number of anilines is 1. The van der Waals surface area contributed by atoms with E-state index in [1.54, 1.807) is 30.3 Å². The molecule has 2 heterocycles. The van der Waals surface area contributed by atoms with Crippen LogP contribution >= 0.6 is 23.2 Å². The third-order valence-electron chi connectivity index (χ3n) is 5.57. The minimum absolute atomic E-state index is 0.0148. The maximum Gasteiger partial charge on any atom is 0.142 e. The Morgan fingerprint density at radius 2 is 2.06 bits per heavy atom. The lowest BCUT2D eigenvalue weighted by Crippen LogP contribution is -2.29. The number of nitrogens with zero attached hydrogens (tertiary/aromatic N) is 2. The number of aromatic nitrogens is 1. The third kappa shape index (κ3) is 4.61. The van der Waals surface area contributed by atoms with Crippen LogP contribution in [-0.2, 0) is 6.61 Å². The smallest absolute Gasteiger partial charge is 0.142 e. The van der Waals surface area contributed by atoms with E-state index >= 15 is 0 Å². The number of halogens is 2. The van der Waals surface area contributed by atoms with Gasteiger partial charge in [0, 0.05) is 6.54 Å². The van der Waals surface area contributed by atoms with Crippen LogP contribution < -0.4 is 15.8 Å². The molecule has 1 aliphatic heterocycles. The van der Waals surface area contributed by atoms with Gasteiger partial charge in [0.25, 0.3) is 0 Å². The SMILES string of the molecule is N#Cc1c(C2CCCNC2)cc(-c2c(O)cccc2OCc2ccc(Cl)c(Cl)c2)nc1N. The number of phenolic OH excluding ortho intramolecular Hbond substituents is 1. The minimum atomic E-state index is 0.0148. The summed E-state index contributed by atoms with van der Waals surface area (Å²) in [5.74, 6) is 0.750. The van der Waals surface area contributed by atoms with Crippen LogP contribution in [0.5, 0.6) is 11.5 Å². The molecule has 1 aromatic heterocycles. The summed E-state index contributed by atoms with van der Waals surface area (Å²) < 4.78 is 6.02. The fourth-order valence-corrected chi connectivity index (χ4v) is 4.28. The van der Waals surface area contributed by atoms with Crippen molar-refractivity contribution in [3.63, 3.8) is 0 Å². The van der Waals surface area contributed by atoms with Gasteiger partial charge in [-0.3, -0.25) is 0 Å². The van der Waals surface area contributed by atoms with Crippen molar-refractivity contribution >= 4 is 29.0 Å². The van der Waals surface area contributed by atoms with Crippen molar-refractivity contribution in [2.75, 3.05) is 18.8 Å². The Bertz CT molecular complexity index is 1190. The molecule has 1 aliphatic rings. The summed E-state index contributed by atoms with van der Waals surface area (Å²) in [6.45, 7) is 1.94. The van der Waals surface area contributed by atoms with Crippen LogP contribution in [0.4, 0.5) is 5.82 Å². The molecule has 1 unspecified atom stereocenters. The number of ether oxygens (including phenoxy) is 1. The second kappa shape index (κ2) is 9.66. The van der Waals surface area contributed by atoms with Gasteiger partial charge in [0.2, 0.25) is 0 Å². The van der Waals surface area contributed by atoms with Crippen LogP contribution in [0.2, 0.25) is 10.0 Å². The van der Waals surface area contributed by atoms with Gasteiger partial charge in [0.05, 0.1) is 26.9 Å². The Balaban J connectivity index is 1.72. The van der Waals surface area contributed by atoms with E-state index in [1.807, 2.05) is 12.1 Å². The largest absolute Gasteiger partial charge is 0.507 e. The molecule has 0 amide bonds. The summed E-state index contributed by atoms with van der Waals surface area (Å²) >= 11 is 12.1. The average molecular weight is 469 g/mol. The molecule has 0 aliphatic carbocycles. The first kappa shape index (κ1) is 22.2. The predicted octanol–water partition coefficient (Wildman–Crippen LogP) is 5.26. The van der Waals surface area contributed by atoms with Gasteiger partial charge < -0.3 is 20.9 Å². The Hall–Kier alpha value is -2.98. The number of nitriles is 1. The molecule has 1 saturated heterocycles. The molecule has 1 fully saturated rings. The van der Waals surface area contributed by atoms with Crippen LogP contribution in [0.3, 0.4) is 0 Å². The standard InChI is InChI=1S/C24H22Cl2N4O2/c25-18-7-6-14(9-19(18)26)13-32-22-5-1-4-21(31)23(22)20-10-16(15-3-2-8-29-12-15)17(11-27)24(28)30-20/h1,4-7,9-10,15,29,31H,2-3,8,12-13H2,(H2,28,30). The van der Waals surface area contributed by atoms with Gasteiger partial charge in [-0.05, 0) is 66.8 Å². The zero-order valence-electron chi connectivity index (χ0n) is 17.2. The molecule has 0 radical (unpaired) electrons.